The highest BCUT2D eigenvalue weighted by molar-refractivity contribution is 6.00. The summed E-state index contributed by atoms with van der Waals surface area (Å²) in [6.07, 6.45) is 0.616. The van der Waals surface area contributed by atoms with Gasteiger partial charge in [-0.2, -0.15) is 0 Å². The molecule has 4 rings (SSSR count). The third-order valence-electron chi connectivity index (χ3n) is 4.76. The quantitative estimate of drug-likeness (QED) is 0.922. The molecular weight excluding hydrogens is 306 g/mol. The molecule has 2 aromatic carbocycles. The van der Waals surface area contributed by atoms with E-state index in [-0.39, 0.29) is 18.4 Å². The number of anilines is 1. The maximum Gasteiger partial charge on any atom is 0.312 e. The maximum atomic E-state index is 13.0. The summed E-state index contributed by atoms with van der Waals surface area (Å²) in [5.74, 6) is -1.10. The fraction of sp³-hybridized carbons (Fsp3) is 0.263. The van der Waals surface area contributed by atoms with Gasteiger partial charge in [0.2, 0.25) is 5.91 Å². The number of carboxylic acid groups (broad SMARTS) is 1. The Kier molecular flexibility index (Phi) is 3.49. The minimum Gasteiger partial charge on any atom is -0.492 e. The number of carbonyl (C=O) groups excluding carboxylic acids is 1. The molecule has 0 aromatic heterocycles. The monoisotopic (exact) mass is 323 g/mol. The molecule has 0 fully saturated rings. The van der Waals surface area contributed by atoms with Gasteiger partial charge in [0.05, 0.1) is 5.92 Å². The second-order valence-corrected chi connectivity index (χ2v) is 6.22. The molecule has 0 spiro atoms. The average molecular weight is 323 g/mol. The molecule has 0 saturated carbocycles. The van der Waals surface area contributed by atoms with Gasteiger partial charge in [-0.3, -0.25) is 9.59 Å². The lowest BCUT2D eigenvalue weighted by Crippen LogP contribution is -2.40. The van der Waals surface area contributed by atoms with E-state index in [1.165, 1.54) is 0 Å². The number of para-hydroxylation sites is 2. The summed E-state index contributed by atoms with van der Waals surface area (Å²) in [5.41, 5.74) is 2.42. The Bertz CT molecular complexity index is 817. The molecule has 2 unspecified atom stereocenters. The van der Waals surface area contributed by atoms with Crippen LogP contribution >= 0.6 is 0 Å². The number of ether oxygens (including phenoxy) is 1. The van der Waals surface area contributed by atoms with Crippen LogP contribution in [0.5, 0.6) is 5.75 Å². The van der Waals surface area contributed by atoms with Gasteiger partial charge in [-0.25, -0.2) is 0 Å². The largest absolute Gasteiger partial charge is 0.492 e. The molecule has 0 radical (unpaired) electrons. The first kappa shape index (κ1) is 14.8. The number of nitrogens with zero attached hydrogens (tertiary/aromatic N) is 1. The lowest BCUT2D eigenvalue weighted by atomic mass is 9.95. The number of carboxylic acids is 1. The fourth-order valence-corrected chi connectivity index (χ4v) is 3.53. The zero-order valence-corrected chi connectivity index (χ0v) is 13.0. The Labute approximate surface area is 139 Å². The van der Waals surface area contributed by atoms with E-state index in [0.29, 0.717) is 24.3 Å². The molecule has 1 N–H and O–H groups in total. The third-order valence-corrected chi connectivity index (χ3v) is 4.76. The van der Waals surface area contributed by atoms with E-state index in [0.717, 1.165) is 11.3 Å². The Morgan fingerprint density at radius 1 is 1.08 bits per heavy atom. The second kappa shape index (κ2) is 5.67. The summed E-state index contributed by atoms with van der Waals surface area (Å²) in [5, 5.41) is 9.44. The molecule has 24 heavy (non-hydrogen) atoms. The molecule has 2 aromatic rings. The molecule has 5 heteroatoms. The van der Waals surface area contributed by atoms with Crippen molar-refractivity contribution in [3.8, 4) is 5.75 Å². The first-order chi connectivity index (χ1) is 11.6. The van der Waals surface area contributed by atoms with Crippen molar-refractivity contribution in [3.63, 3.8) is 0 Å². The lowest BCUT2D eigenvalue weighted by Gasteiger charge is -2.28. The van der Waals surface area contributed by atoms with Crippen LogP contribution in [-0.2, 0) is 16.0 Å². The van der Waals surface area contributed by atoms with Crippen molar-refractivity contribution >= 4 is 17.6 Å². The highest BCUT2D eigenvalue weighted by Gasteiger charge is 2.39. The van der Waals surface area contributed by atoms with Crippen molar-refractivity contribution in [3.05, 3.63) is 59.7 Å². The maximum absolute atomic E-state index is 13.0. The molecule has 0 aliphatic carbocycles. The van der Waals surface area contributed by atoms with E-state index in [1.54, 1.807) is 11.0 Å². The number of rotatable bonds is 2. The zero-order chi connectivity index (χ0) is 16.7. The Morgan fingerprint density at radius 3 is 2.67 bits per heavy atom. The van der Waals surface area contributed by atoms with Crippen molar-refractivity contribution in [1.29, 1.82) is 0 Å². The second-order valence-electron chi connectivity index (χ2n) is 6.22. The third kappa shape index (κ3) is 2.33. The van der Waals surface area contributed by atoms with Crippen molar-refractivity contribution in [2.24, 2.45) is 5.92 Å². The molecule has 1 amide bonds. The number of aliphatic carboxylic acids is 1. The summed E-state index contributed by atoms with van der Waals surface area (Å²) in [4.78, 5) is 26.1. The van der Waals surface area contributed by atoms with Crippen LogP contribution in [0.15, 0.2) is 48.5 Å². The van der Waals surface area contributed by atoms with Crippen LogP contribution in [0, 0.1) is 5.92 Å². The van der Waals surface area contributed by atoms with Gasteiger partial charge < -0.3 is 14.7 Å². The first-order valence-electron chi connectivity index (χ1n) is 7.99. The summed E-state index contributed by atoms with van der Waals surface area (Å²) in [6.45, 7) is 0.512. The van der Waals surface area contributed by atoms with Gasteiger partial charge in [-0.05, 0) is 29.7 Å². The first-order valence-corrected chi connectivity index (χ1v) is 7.99. The summed E-state index contributed by atoms with van der Waals surface area (Å²) in [7, 11) is 0. The smallest absolute Gasteiger partial charge is 0.312 e. The molecule has 0 saturated heterocycles. The van der Waals surface area contributed by atoms with Crippen LogP contribution in [0.3, 0.4) is 0 Å². The molecule has 122 valence electrons. The normalized spacial score (nSPS) is 21.6. The van der Waals surface area contributed by atoms with E-state index in [9.17, 15) is 14.7 Å². The predicted octanol–water partition coefficient (Wildman–Crippen LogP) is 2.45. The molecule has 5 nitrogen and oxygen atoms in total. The number of benzene rings is 2. The van der Waals surface area contributed by atoms with Crippen molar-refractivity contribution < 1.29 is 19.4 Å². The molecule has 2 aliphatic heterocycles. The highest BCUT2D eigenvalue weighted by atomic mass is 16.5. The van der Waals surface area contributed by atoms with Crippen molar-refractivity contribution in [2.45, 2.75) is 12.3 Å². The van der Waals surface area contributed by atoms with Gasteiger partial charge in [0, 0.05) is 12.2 Å². The predicted molar refractivity (Wildman–Crippen MR) is 88.3 cm³/mol. The van der Waals surface area contributed by atoms with Crippen molar-refractivity contribution in [1.82, 2.24) is 0 Å². The minimum atomic E-state index is -0.900. The van der Waals surface area contributed by atoms with Crippen LogP contribution in [0.2, 0.25) is 0 Å². The number of hydrogen-bond donors (Lipinski definition) is 1. The zero-order valence-electron chi connectivity index (χ0n) is 13.0. The van der Waals surface area contributed by atoms with E-state index < -0.39 is 11.9 Å². The summed E-state index contributed by atoms with van der Waals surface area (Å²) in [6, 6.07) is 14.9. The Morgan fingerprint density at radius 2 is 1.83 bits per heavy atom. The molecule has 2 heterocycles. The number of carbonyl (C=O) groups is 2. The van der Waals surface area contributed by atoms with Crippen LogP contribution in [0.1, 0.15) is 17.0 Å². The Hall–Kier alpha value is -2.82. The average Bonchev–Trinajstić information content (AvgIpc) is 3.00. The summed E-state index contributed by atoms with van der Waals surface area (Å²) < 4.78 is 5.72. The van der Waals surface area contributed by atoms with Gasteiger partial charge in [-0.1, -0.05) is 36.4 Å². The van der Waals surface area contributed by atoms with Gasteiger partial charge in [0.1, 0.15) is 18.3 Å². The van der Waals surface area contributed by atoms with E-state index in [4.69, 9.17) is 4.74 Å². The SMILES string of the molecule is O=C(O)C1CN(C(=O)C2COc3ccccc3C2)c2ccccc21. The van der Waals surface area contributed by atoms with Gasteiger partial charge in [-0.15, -0.1) is 0 Å². The molecule has 2 aliphatic rings. The lowest BCUT2D eigenvalue weighted by molar-refractivity contribution is -0.138. The van der Waals surface area contributed by atoms with Crippen LogP contribution in [-0.4, -0.2) is 30.1 Å². The molecule has 0 bridgehead atoms. The van der Waals surface area contributed by atoms with Gasteiger partial charge in [0.15, 0.2) is 0 Å². The van der Waals surface area contributed by atoms with E-state index >= 15 is 0 Å². The Balaban J connectivity index is 1.61. The molecular formula is C19H17NO4. The standard InChI is InChI=1S/C19H17NO4/c21-18(13-9-12-5-1-4-8-17(12)24-11-13)20-10-15(19(22)23)14-6-2-3-7-16(14)20/h1-8,13,15H,9-11H2,(H,22,23). The molecule has 2 atom stereocenters. The van der Waals surface area contributed by atoms with Gasteiger partial charge in [0.25, 0.3) is 0 Å². The number of fused-ring (bicyclic) bond motifs is 2. The number of hydrogen-bond acceptors (Lipinski definition) is 3. The van der Waals surface area contributed by atoms with Crippen molar-refractivity contribution in [2.75, 3.05) is 18.1 Å². The topological polar surface area (TPSA) is 66.8 Å². The number of amides is 1. The van der Waals surface area contributed by atoms with Crippen LogP contribution in [0.25, 0.3) is 0 Å². The van der Waals surface area contributed by atoms with E-state index in [2.05, 4.69) is 0 Å². The minimum absolute atomic E-state index is 0.0688. The summed E-state index contributed by atoms with van der Waals surface area (Å²) >= 11 is 0. The van der Waals surface area contributed by atoms with Crippen LogP contribution < -0.4 is 9.64 Å². The van der Waals surface area contributed by atoms with E-state index in [1.807, 2.05) is 42.5 Å². The van der Waals surface area contributed by atoms with Gasteiger partial charge >= 0.3 is 5.97 Å². The van der Waals surface area contributed by atoms with Crippen LogP contribution in [0.4, 0.5) is 5.69 Å². The highest BCUT2D eigenvalue weighted by Crippen LogP contribution is 2.38. The fourth-order valence-electron chi connectivity index (χ4n) is 3.53.